The summed E-state index contributed by atoms with van der Waals surface area (Å²) in [7, 11) is -0.800. The van der Waals surface area contributed by atoms with Crippen LogP contribution in [0.1, 0.15) is 25.7 Å². The van der Waals surface area contributed by atoms with Crippen molar-refractivity contribution in [3.8, 4) is 0 Å². The highest BCUT2D eigenvalue weighted by Gasteiger charge is 2.34. The van der Waals surface area contributed by atoms with Crippen LogP contribution in [0.3, 0.4) is 0 Å². The molecule has 0 aliphatic heterocycles. The Balaban J connectivity index is 2.90. The molecule has 0 spiro atoms. The fourth-order valence-corrected chi connectivity index (χ4v) is 3.22. The van der Waals surface area contributed by atoms with Crippen LogP contribution in [0.15, 0.2) is 0 Å². The Hall–Kier alpha value is -0.660. The molecule has 94 valence electrons. The van der Waals surface area contributed by atoms with E-state index in [4.69, 9.17) is 5.11 Å². The van der Waals surface area contributed by atoms with E-state index in [1.807, 2.05) is 0 Å². The van der Waals surface area contributed by atoms with Gasteiger partial charge in [0.2, 0.25) is 0 Å². The average Bonchev–Trinajstić information content (AvgIpc) is 2.65. The summed E-state index contributed by atoms with van der Waals surface area (Å²) in [6, 6.07) is -0.163. The van der Waals surface area contributed by atoms with E-state index in [1.54, 1.807) is 0 Å². The van der Waals surface area contributed by atoms with Gasteiger partial charge in [0.05, 0.1) is 0 Å². The van der Waals surface area contributed by atoms with Crippen LogP contribution in [0.5, 0.6) is 0 Å². The molecule has 0 aromatic heterocycles. The lowest BCUT2D eigenvalue weighted by molar-refractivity contribution is -0.137. The number of aliphatic carboxylic acids is 1. The van der Waals surface area contributed by atoms with Crippen LogP contribution >= 0.6 is 0 Å². The van der Waals surface area contributed by atoms with Gasteiger partial charge in [-0.1, -0.05) is 12.8 Å². The molecule has 0 heterocycles. The van der Waals surface area contributed by atoms with Crippen molar-refractivity contribution in [3.63, 3.8) is 0 Å². The molecule has 1 aliphatic carbocycles. The summed E-state index contributed by atoms with van der Waals surface area (Å²) < 4.78 is 26.0. The first-order chi connectivity index (χ1) is 7.35. The summed E-state index contributed by atoms with van der Waals surface area (Å²) in [4.78, 5) is 10.7. The Labute approximate surface area is 96.0 Å². The van der Waals surface area contributed by atoms with Gasteiger partial charge in [-0.25, -0.2) is 0 Å². The Kier molecular flexibility index (Phi) is 4.28. The molecule has 1 fully saturated rings. The Morgan fingerprint density at radius 2 is 1.81 bits per heavy atom. The van der Waals surface area contributed by atoms with Gasteiger partial charge in [-0.3, -0.25) is 4.79 Å². The fraction of sp³-hybridized carbons (Fsp3) is 0.889. The molecule has 0 unspecified atom stereocenters. The maximum Gasteiger partial charge on any atom is 0.318 e. The van der Waals surface area contributed by atoms with Crippen LogP contribution in [-0.4, -0.2) is 54.8 Å². The number of rotatable bonds is 5. The summed E-state index contributed by atoms with van der Waals surface area (Å²) in [5.74, 6) is -1.11. The molecule has 1 saturated carbocycles. The molecule has 6 nitrogen and oxygen atoms in total. The lowest BCUT2D eigenvalue weighted by Crippen LogP contribution is -2.47. The smallest absolute Gasteiger partial charge is 0.318 e. The second kappa shape index (κ2) is 5.11. The topological polar surface area (TPSA) is 77.9 Å². The van der Waals surface area contributed by atoms with Gasteiger partial charge in [-0.2, -0.15) is 17.0 Å². The molecule has 16 heavy (non-hydrogen) atoms. The van der Waals surface area contributed by atoms with Gasteiger partial charge >= 0.3 is 5.97 Å². The number of carbonyl (C=O) groups is 1. The molecule has 0 bridgehead atoms. The minimum atomic E-state index is -3.63. The van der Waals surface area contributed by atoms with Crippen molar-refractivity contribution in [1.29, 1.82) is 0 Å². The van der Waals surface area contributed by atoms with Gasteiger partial charge < -0.3 is 5.11 Å². The van der Waals surface area contributed by atoms with Gasteiger partial charge in [0.15, 0.2) is 0 Å². The molecular weight excluding hydrogens is 232 g/mol. The third kappa shape index (κ3) is 2.93. The van der Waals surface area contributed by atoms with Crippen LogP contribution in [0.25, 0.3) is 0 Å². The van der Waals surface area contributed by atoms with E-state index >= 15 is 0 Å². The first-order valence-electron chi connectivity index (χ1n) is 5.27. The molecule has 7 heteroatoms. The van der Waals surface area contributed by atoms with Gasteiger partial charge in [0.25, 0.3) is 10.2 Å². The summed E-state index contributed by atoms with van der Waals surface area (Å²) in [6.07, 6.45) is 3.42. The quantitative estimate of drug-likeness (QED) is 0.752. The normalized spacial score (nSPS) is 18.5. The highest BCUT2D eigenvalue weighted by atomic mass is 32.2. The number of carboxylic acid groups (broad SMARTS) is 1. The molecule has 0 aromatic carbocycles. The van der Waals surface area contributed by atoms with Crippen LogP contribution in [0.2, 0.25) is 0 Å². The standard InChI is InChI=1S/C9H18N2O4S/c1-10(2)16(14,15)11(7-9(12)13)8-5-3-4-6-8/h8H,3-7H2,1-2H3,(H,12,13). The van der Waals surface area contributed by atoms with E-state index in [2.05, 4.69) is 0 Å². The average molecular weight is 250 g/mol. The lowest BCUT2D eigenvalue weighted by Gasteiger charge is -2.28. The van der Waals surface area contributed by atoms with E-state index < -0.39 is 22.7 Å². The molecule has 0 aromatic rings. The minimum Gasteiger partial charge on any atom is -0.480 e. The maximum atomic E-state index is 11.9. The SMILES string of the molecule is CN(C)S(=O)(=O)N(CC(=O)O)C1CCCC1. The van der Waals surface area contributed by atoms with Crippen molar-refractivity contribution in [1.82, 2.24) is 8.61 Å². The van der Waals surface area contributed by atoms with Crippen molar-refractivity contribution in [2.75, 3.05) is 20.6 Å². The maximum absolute atomic E-state index is 11.9. The highest BCUT2D eigenvalue weighted by molar-refractivity contribution is 7.86. The second-order valence-electron chi connectivity index (χ2n) is 4.17. The van der Waals surface area contributed by atoms with Crippen molar-refractivity contribution >= 4 is 16.2 Å². The summed E-state index contributed by atoms with van der Waals surface area (Å²) in [5.41, 5.74) is 0. The molecular formula is C9H18N2O4S. The molecule has 1 rings (SSSR count). The first kappa shape index (κ1) is 13.4. The Morgan fingerprint density at radius 1 is 1.31 bits per heavy atom. The third-order valence-corrected chi connectivity index (χ3v) is 4.72. The van der Waals surface area contributed by atoms with Crippen LogP contribution in [0.4, 0.5) is 0 Å². The molecule has 0 saturated heterocycles. The second-order valence-corrected chi connectivity index (χ2v) is 6.26. The number of nitrogens with zero attached hydrogens (tertiary/aromatic N) is 2. The number of carboxylic acids is 1. The predicted molar refractivity (Wildman–Crippen MR) is 59.2 cm³/mol. The largest absolute Gasteiger partial charge is 0.480 e. The fourth-order valence-electron chi connectivity index (χ4n) is 1.93. The van der Waals surface area contributed by atoms with E-state index in [0.717, 1.165) is 34.3 Å². The van der Waals surface area contributed by atoms with Crippen molar-refractivity contribution in [2.45, 2.75) is 31.7 Å². The van der Waals surface area contributed by atoms with Gasteiger partial charge in [-0.05, 0) is 12.8 Å². The summed E-state index contributed by atoms with van der Waals surface area (Å²) in [6.45, 7) is -0.453. The van der Waals surface area contributed by atoms with Gasteiger partial charge in [0.1, 0.15) is 6.54 Å². The first-order valence-corrected chi connectivity index (χ1v) is 6.66. The Morgan fingerprint density at radius 3 is 2.19 bits per heavy atom. The predicted octanol–water partition coefficient (Wildman–Crippen LogP) is 0.122. The third-order valence-electron chi connectivity index (χ3n) is 2.78. The highest BCUT2D eigenvalue weighted by Crippen LogP contribution is 2.26. The van der Waals surface area contributed by atoms with Crippen LogP contribution in [-0.2, 0) is 15.0 Å². The van der Waals surface area contributed by atoms with Crippen LogP contribution in [0, 0.1) is 0 Å². The molecule has 0 amide bonds. The van der Waals surface area contributed by atoms with Crippen LogP contribution < -0.4 is 0 Å². The van der Waals surface area contributed by atoms with Gasteiger partial charge in [-0.15, -0.1) is 0 Å². The summed E-state index contributed by atoms with van der Waals surface area (Å²) in [5, 5.41) is 8.76. The Bertz CT molecular complexity index is 347. The lowest BCUT2D eigenvalue weighted by atomic mass is 10.2. The van der Waals surface area contributed by atoms with Crippen molar-refractivity contribution < 1.29 is 18.3 Å². The van der Waals surface area contributed by atoms with E-state index in [-0.39, 0.29) is 6.04 Å². The molecule has 0 radical (unpaired) electrons. The minimum absolute atomic E-state index is 0.163. The zero-order valence-corrected chi connectivity index (χ0v) is 10.4. The van der Waals surface area contributed by atoms with Crippen molar-refractivity contribution in [3.05, 3.63) is 0 Å². The van der Waals surface area contributed by atoms with Gasteiger partial charge in [0, 0.05) is 20.1 Å². The summed E-state index contributed by atoms with van der Waals surface area (Å²) >= 11 is 0. The molecule has 1 aliphatic rings. The van der Waals surface area contributed by atoms with E-state index in [1.165, 1.54) is 14.1 Å². The number of hydrogen-bond donors (Lipinski definition) is 1. The van der Waals surface area contributed by atoms with Crippen molar-refractivity contribution in [2.24, 2.45) is 0 Å². The monoisotopic (exact) mass is 250 g/mol. The molecule has 1 N–H and O–H groups in total. The molecule has 0 atom stereocenters. The zero-order valence-electron chi connectivity index (χ0n) is 9.59. The van der Waals surface area contributed by atoms with E-state index in [0.29, 0.717) is 0 Å². The van der Waals surface area contributed by atoms with E-state index in [9.17, 15) is 13.2 Å². The number of hydrogen-bond acceptors (Lipinski definition) is 3. The zero-order chi connectivity index (χ0) is 12.3.